The SMILES string of the molecule is O=C(OCCOCCOCCOCCOc1cccc2c(OCCOCCOCCOCCO)cccc12)C1CCC2CCCC(C2)C1. The van der Waals surface area contributed by atoms with E-state index in [9.17, 15) is 4.79 Å². The zero-order chi connectivity index (χ0) is 33.5. The lowest BCUT2D eigenvalue weighted by Gasteiger charge is -2.26. The van der Waals surface area contributed by atoms with Gasteiger partial charge in [0, 0.05) is 10.8 Å². The summed E-state index contributed by atoms with van der Waals surface area (Å²) in [6, 6.07) is 11.8. The van der Waals surface area contributed by atoms with Gasteiger partial charge in [-0.05, 0) is 49.7 Å². The highest BCUT2D eigenvalue weighted by Gasteiger charge is 2.32. The number of hydrogen-bond donors (Lipinski definition) is 1. The van der Waals surface area contributed by atoms with Gasteiger partial charge in [0.2, 0.25) is 0 Å². The van der Waals surface area contributed by atoms with Gasteiger partial charge in [0.15, 0.2) is 0 Å². The molecule has 48 heavy (non-hydrogen) atoms. The van der Waals surface area contributed by atoms with E-state index in [1.54, 1.807) is 0 Å². The Bertz CT molecular complexity index is 1150. The van der Waals surface area contributed by atoms with Gasteiger partial charge in [-0.1, -0.05) is 43.5 Å². The van der Waals surface area contributed by atoms with Crippen molar-refractivity contribution in [2.24, 2.45) is 17.8 Å². The van der Waals surface area contributed by atoms with Crippen molar-refractivity contribution in [3.63, 3.8) is 0 Å². The molecular weight excluding hydrogens is 620 g/mol. The molecule has 0 aromatic heterocycles. The van der Waals surface area contributed by atoms with Gasteiger partial charge in [-0.15, -0.1) is 0 Å². The van der Waals surface area contributed by atoms with Crippen LogP contribution in [-0.2, 0) is 38.0 Å². The molecule has 0 amide bonds. The van der Waals surface area contributed by atoms with E-state index in [-0.39, 0.29) is 18.5 Å². The molecule has 2 saturated carbocycles. The standard InChI is InChI=1S/C37H56O11/c38-12-13-40-14-15-41-16-19-43-22-25-46-35-8-2-7-34-33(35)6-3-9-36(34)47-26-23-44-20-17-42-18-21-45-24-27-48-37(39)32-11-10-30-4-1-5-31(28-30)29-32/h2-3,6-9,30-32,38H,1,4-5,10-29H2. The average molecular weight is 677 g/mol. The van der Waals surface area contributed by atoms with Crippen molar-refractivity contribution in [2.45, 2.75) is 44.9 Å². The molecule has 0 radical (unpaired) electrons. The van der Waals surface area contributed by atoms with Gasteiger partial charge in [0.05, 0.1) is 91.8 Å². The second kappa shape index (κ2) is 23.8. The minimum Gasteiger partial charge on any atom is -0.491 e. The summed E-state index contributed by atoms with van der Waals surface area (Å²) in [5, 5.41) is 10.6. The largest absolute Gasteiger partial charge is 0.491 e. The Balaban J connectivity index is 0.971. The van der Waals surface area contributed by atoms with Crippen molar-refractivity contribution in [1.82, 2.24) is 0 Å². The number of carbonyl (C=O) groups excluding carboxylic acids is 1. The van der Waals surface area contributed by atoms with Crippen LogP contribution in [0.15, 0.2) is 36.4 Å². The molecule has 11 heteroatoms. The van der Waals surface area contributed by atoms with Gasteiger partial charge >= 0.3 is 5.97 Å². The normalized spacial score (nSPS) is 19.2. The van der Waals surface area contributed by atoms with Crippen LogP contribution in [0.3, 0.4) is 0 Å². The van der Waals surface area contributed by atoms with Gasteiger partial charge in [0.25, 0.3) is 0 Å². The van der Waals surface area contributed by atoms with E-state index in [2.05, 4.69) is 0 Å². The summed E-state index contributed by atoms with van der Waals surface area (Å²) in [6.45, 7) is 6.47. The molecule has 0 heterocycles. The predicted octanol–water partition coefficient (Wildman–Crippen LogP) is 4.84. The van der Waals surface area contributed by atoms with E-state index in [1.165, 1.54) is 32.1 Å². The first-order valence-electron chi connectivity index (χ1n) is 17.8. The van der Waals surface area contributed by atoms with Crippen LogP contribution in [0.25, 0.3) is 10.8 Å². The lowest BCUT2D eigenvalue weighted by atomic mass is 9.80. The highest BCUT2D eigenvalue weighted by Crippen LogP contribution is 2.40. The lowest BCUT2D eigenvalue weighted by molar-refractivity contribution is -0.151. The average Bonchev–Trinajstić information content (AvgIpc) is 3.25. The Labute approximate surface area is 285 Å². The molecule has 11 nitrogen and oxygen atoms in total. The molecule has 2 aliphatic carbocycles. The number of benzene rings is 2. The fraction of sp³-hybridized carbons (Fsp3) is 0.703. The van der Waals surface area contributed by atoms with Crippen LogP contribution in [-0.4, -0.2) is 117 Å². The highest BCUT2D eigenvalue weighted by atomic mass is 16.6. The fourth-order valence-electron chi connectivity index (χ4n) is 6.44. The molecule has 3 unspecified atom stereocenters. The Kier molecular flexibility index (Phi) is 19.0. The molecule has 0 saturated heterocycles. The summed E-state index contributed by atoms with van der Waals surface area (Å²) in [7, 11) is 0. The fourth-order valence-corrected chi connectivity index (χ4v) is 6.44. The number of ether oxygens (including phenoxy) is 9. The van der Waals surface area contributed by atoms with Crippen molar-refractivity contribution in [2.75, 3.05) is 106 Å². The second-order valence-corrected chi connectivity index (χ2v) is 12.3. The number of hydrogen-bond acceptors (Lipinski definition) is 11. The Morgan fingerprint density at radius 1 is 0.542 bits per heavy atom. The monoisotopic (exact) mass is 676 g/mol. The van der Waals surface area contributed by atoms with Crippen LogP contribution in [0, 0.1) is 17.8 Å². The summed E-state index contributed by atoms with van der Waals surface area (Å²) >= 11 is 0. The third-order valence-corrected chi connectivity index (χ3v) is 8.77. The molecule has 270 valence electrons. The first-order chi connectivity index (χ1) is 23.7. The maximum atomic E-state index is 12.5. The minimum atomic E-state index is -0.0441. The number of aliphatic hydroxyl groups is 1. The summed E-state index contributed by atoms with van der Waals surface area (Å²) in [5.41, 5.74) is 0. The minimum absolute atomic E-state index is 0.0163. The first-order valence-corrected chi connectivity index (χ1v) is 17.8. The number of aliphatic hydroxyl groups excluding tert-OH is 1. The maximum absolute atomic E-state index is 12.5. The van der Waals surface area contributed by atoms with Crippen molar-refractivity contribution in [3.8, 4) is 11.5 Å². The number of carbonyl (C=O) groups is 1. The van der Waals surface area contributed by atoms with Gasteiger partial charge < -0.3 is 47.7 Å². The summed E-state index contributed by atoms with van der Waals surface area (Å²) < 4.78 is 50.5. The first kappa shape index (κ1) is 38.3. The Morgan fingerprint density at radius 3 is 1.56 bits per heavy atom. The summed E-state index contributed by atoms with van der Waals surface area (Å²) in [4.78, 5) is 12.5. The van der Waals surface area contributed by atoms with E-state index in [4.69, 9.17) is 47.7 Å². The van der Waals surface area contributed by atoms with Crippen molar-refractivity contribution in [1.29, 1.82) is 0 Å². The van der Waals surface area contributed by atoms with Crippen LogP contribution in [0.1, 0.15) is 44.9 Å². The lowest BCUT2D eigenvalue weighted by Crippen LogP contribution is -2.22. The van der Waals surface area contributed by atoms with Crippen molar-refractivity contribution < 1.29 is 52.5 Å². The molecule has 2 aliphatic rings. The third-order valence-electron chi connectivity index (χ3n) is 8.77. The molecule has 2 fully saturated rings. The number of esters is 1. The molecule has 0 aliphatic heterocycles. The topological polar surface area (TPSA) is 120 Å². The Morgan fingerprint density at radius 2 is 1.02 bits per heavy atom. The zero-order valence-electron chi connectivity index (χ0n) is 28.5. The van der Waals surface area contributed by atoms with E-state index in [0.29, 0.717) is 105 Å². The van der Waals surface area contributed by atoms with Gasteiger partial charge in [-0.25, -0.2) is 0 Å². The van der Waals surface area contributed by atoms with Crippen LogP contribution >= 0.6 is 0 Å². The Hall–Kier alpha value is -2.51. The van der Waals surface area contributed by atoms with Crippen molar-refractivity contribution in [3.05, 3.63) is 36.4 Å². The van der Waals surface area contributed by atoms with Gasteiger partial charge in [-0.2, -0.15) is 0 Å². The molecule has 2 aromatic rings. The quantitative estimate of drug-likeness (QED) is 0.109. The van der Waals surface area contributed by atoms with Crippen molar-refractivity contribution >= 4 is 16.7 Å². The molecule has 4 rings (SSSR count). The zero-order valence-corrected chi connectivity index (χ0v) is 28.5. The third kappa shape index (κ3) is 14.5. The van der Waals surface area contributed by atoms with E-state index in [1.807, 2.05) is 36.4 Å². The summed E-state index contributed by atoms with van der Waals surface area (Å²) in [5.74, 6) is 3.09. The number of fused-ring (bicyclic) bond motifs is 3. The van der Waals surface area contributed by atoms with Crippen LogP contribution in [0.4, 0.5) is 0 Å². The van der Waals surface area contributed by atoms with Gasteiger partial charge in [-0.3, -0.25) is 4.79 Å². The van der Waals surface area contributed by atoms with E-state index >= 15 is 0 Å². The predicted molar refractivity (Wildman–Crippen MR) is 181 cm³/mol. The molecule has 2 aromatic carbocycles. The summed E-state index contributed by atoms with van der Waals surface area (Å²) in [6.07, 6.45) is 8.37. The molecule has 3 atom stereocenters. The van der Waals surface area contributed by atoms with Crippen LogP contribution in [0.2, 0.25) is 0 Å². The van der Waals surface area contributed by atoms with E-state index in [0.717, 1.165) is 41.0 Å². The van der Waals surface area contributed by atoms with Crippen LogP contribution < -0.4 is 9.47 Å². The highest BCUT2D eigenvalue weighted by molar-refractivity contribution is 5.93. The van der Waals surface area contributed by atoms with Crippen LogP contribution in [0.5, 0.6) is 11.5 Å². The molecule has 0 spiro atoms. The molecular formula is C37H56O11. The molecule has 1 N–H and O–H groups in total. The van der Waals surface area contributed by atoms with E-state index < -0.39 is 0 Å². The smallest absolute Gasteiger partial charge is 0.309 e. The maximum Gasteiger partial charge on any atom is 0.309 e. The number of rotatable bonds is 26. The van der Waals surface area contributed by atoms with Gasteiger partial charge in [0.1, 0.15) is 31.3 Å². The molecule has 2 bridgehead atoms. The second-order valence-electron chi connectivity index (χ2n) is 12.3.